The molecule has 18 heavy (non-hydrogen) atoms. The fraction of sp³-hybridized carbons (Fsp3) is 0.0667. The van der Waals surface area contributed by atoms with Crippen molar-refractivity contribution >= 4 is 17.8 Å². The first-order valence-corrected chi connectivity index (χ1v) is 5.56. The van der Waals surface area contributed by atoms with E-state index in [-0.39, 0.29) is 5.69 Å². The van der Waals surface area contributed by atoms with E-state index in [4.69, 9.17) is 10.5 Å². The van der Waals surface area contributed by atoms with Crippen LogP contribution in [-0.2, 0) is 0 Å². The molecule has 2 aromatic rings. The van der Waals surface area contributed by atoms with Crippen LogP contribution in [-0.4, -0.2) is 7.11 Å². The zero-order valence-corrected chi connectivity index (χ0v) is 10.1. The molecule has 0 aliphatic heterocycles. The van der Waals surface area contributed by atoms with Gasteiger partial charge in [0.25, 0.3) is 0 Å². The van der Waals surface area contributed by atoms with Crippen LogP contribution in [0.4, 0.5) is 10.1 Å². The molecule has 0 heterocycles. The highest BCUT2D eigenvalue weighted by molar-refractivity contribution is 5.70. The van der Waals surface area contributed by atoms with Gasteiger partial charge in [-0.1, -0.05) is 30.4 Å². The number of rotatable bonds is 3. The average Bonchev–Trinajstić information content (AvgIpc) is 2.41. The number of hydrogen-bond donors (Lipinski definition) is 1. The summed E-state index contributed by atoms with van der Waals surface area (Å²) in [5.41, 5.74) is 7.38. The van der Waals surface area contributed by atoms with E-state index in [2.05, 4.69) is 0 Å². The summed E-state index contributed by atoms with van der Waals surface area (Å²) in [5.74, 6) is 0.414. The summed E-state index contributed by atoms with van der Waals surface area (Å²) in [5, 5.41) is 0. The largest absolute Gasteiger partial charge is 0.497 e. The zero-order chi connectivity index (χ0) is 13.0. The van der Waals surface area contributed by atoms with E-state index in [9.17, 15) is 4.39 Å². The first kappa shape index (κ1) is 12.2. The Hall–Kier alpha value is -2.29. The zero-order valence-electron chi connectivity index (χ0n) is 10.1. The van der Waals surface area contributed by atoms with Gasteiger partial charge >= 0.3 is 0 Å². The van der Waals surface area contributed by atoms with Gasteiger partial charge in [0.15, 0.2) is 0 Å². The molecule has 2 aromatic carbocycles. The van der Waals surface area contributed by atoms with Gasteiger partial charge in [-0.15, -0.1) is 0 Å². The van der Waals surface area contributed by atoms with Crippen LogP contribution < -0.4 is 10.5 Å². The van der Waals surface area contributed by atoms with Gasteiger partial charge in [-0.3, -0.25) is 0 Å². The Morgan fingerprint density at radius 2 is 1.61 bits per heavy atom. The van der Waals surface area contributed by atoms with Crippen molar-refractivity contribution in [1.82, 2.24) is 0 Å². The van der Waals surface area contributed by atoms with E-state index in [1.54, 1.807) is 19.2 Å². The van der Waals surface area contributed by atoms with Gasteiger partial charge in [0, 0.05) is 0 Å². The van der Waals surface area contributed by atoms with Gasteiger partial charge in [0.2, 0.25) is 0 Å². The number of ether oxygens (including phenoxy) is 1. The van der Waals surface area contributed by atoms with Crippen LogP contribution >= 0.6 is 0 Å². The number of hydrogen-bond acceptors (Lipinski definition) is 2. The maximum Gasteiger partial charge on any atom is 0.146 e. The quantitative estimate of drug-likeness (QED) is 0.660. The van der Waals surface area contributed by atoms with E-state index in [1.165, 1.54) is 6.07 Å². The molecule has 0 fully saturated rings. The lowest BCUT2D eigenvalue weighted by Gasteiger charge is -2.00. The Kier molecular flexibility index (Phi) is 3.63. The molecule has 0 saturated carbocycles. The van der Waals surface area contributed by atoms with E-state index < -0.39 is 5.82 Å². The van der Waals surface area contributed by atoms with E-state index in [0.717, 1.165) is 16.9 Å². The second-order valence-electron chi connectivity index (χ2n) is 3.89. The van der Waals surface area contributed by atoms with E-state index >= 15 is 0 Å². The SMILES string of the molecule is COc1ccc(/C=C/c2ccc(N)c(F)c2)cc1. The molecule has 2 nitrogen and oxygen atoms in total. The monoisotopic (exact) mass is 243 g/mol. The first-order valence-electron chi connectivity index (χ1n) is 5.56. The number of nitrogen functional groups attached to an aromatic ring is 1. The second-order valence-corrected chi connectivity index (χ2v) is 3.89. The summed E-state index contributed by atoms with van der Waals surface area (Å²) >= 11 is 0. The van der Waals surface area contributed by atoms with Gasteiger partial charge in [0.1, 0.15) is 11.6 Å². The minimum Gasteiger partial charge on any atom is -0.497 e. The fourth-order valence-corrected chi connectivity index (χ4v) is 1.55. The molecule has 3 heteroatoms. The molecule has 92 valence electrons. The summed E-state index contributed by atoms with van der Waals surface area (Å²) in [6.07, 6.45) is 3.74. The van der Waals surface area contributed by atoms with Crippen molar-refractivity contribution < 1.29 is 9.13 Å². The minimum absolute atomic E-state index is 0.164. The number of anilines is 1. The van der Waals surface area contributed by atoms with Crippen molar-refractivity contribution in [3.8, 4) is 5.75 Å². The highest BCUT2D eigenvalue weighted by Gasteiger charge is 1.97. The Balaban J connectivity index is 2.16. The van der Waals surface area contributed by atoms with Gasteiger partial charge in [-0.25, -0.2) is 4.39 Å². The predicted octanol–water partition coefficient (Wildman–Crippen LogP) is 3.59. The molecule has 0 unspecified atom stereocenters. The van der Waals surface area contributed by atoms with Gasteiger partial charge in [0.05, 0.1) is 12.8 Å². The van der Waals surface area contributed by atoms with Crippen LogP contribution in [0, 0.1) is 5.82 Å². The van der Waals surface area contributed by atoms with Gasteiger partial charge in [-0.05, 0) is 35.4 Å². The molecule has 0 saturated heterocycles. The standard InChI is InChI=1S/C15H14FNO/c1-18-13-7-4-11(5-8-13)2-3-12-6-9-15(17)14(16)10-12/h2-10H,17H2,1H3/b3-2+. The molecule has 0 atom stereocenters. The van der Waals surface area contributed by atoms with Crippen LogP contribution in [0.5, 0.6) is 5.75 Å². The van der Waals surface area contributed by atoms with Gasteiger partial charge in [-0.2, -0.15) is 0 Å². The highest BCUT2D eigenvalue weighted by Crippen LogP contribution is 2.16. The smallest absolute Gasteiger partial charge is 0.146 e. The molecule has 0 bridgehead atoms. The summed E-state index contributed by atoms with van der Waals surface area (Å²) in [6, 6.07) is 12.4. The van der Waals surface area contributed by atoms with Crippen LogP contribution in [0.3, 0.4) is 0 Å². The van der Waals surface area contributed by atoms with Crippen LogP contribution in [0.15, 0.2) is 42.5 Å². The topological polar surface area (TPSA) is 35.2 Å². The van der Waals surface area contributed by atoms with Crippen molar-refractivity contribution in [3.05, 3.63) is 59.4 Å². The Labute approximate surface area is 106 Å². The Morgan fingerprint density at radius 1 is 1.00 bits per heavy atom. The van der Waals surface area contributed by atoms with E-state index in [1.807, 2.05) is 36.4 Å². The number of benzene rings is 2. The predicted molar refractivity (Wildman–Crippen MR) is 72.7 cm³/mol. The fourth-order valence-electron chi connectivity index (χ4n) is 1.55. The van der Waals surface area contributed by atoms with E-state index in [0.29, 0.717) is 0 Å². The number of halogens is 1. The third-order valence-electron chi connectivity index (χ3n) is 2.61. The molecule has 0 aliphatic rings. The van der Waals surface area contributed by atoms with Crippen molar-refractivity contribution in [3.63, 3.8) is 0 Å². The maximum absolute atomic E-state index is 13.2. The molecular weight excluding hydrogens is 229 g/mol. The van der Waals surface area contributed by atoms with Crippen LogP contribution in [0.25, 0.3) is 12.2 Å². The lowest BCUT2D eigenvalue weighted by molar-refractivity contribution is 0.415. The first-order chi connectivity index (χ1) is 8.69. The summed E-state index contributed by atoms with van der Waals surface area (Å²) in [7, 11) is 1.63. The molecular formula is C15H14FNO. The normalized spacial score (nSPS) is 10.8. The molecule has 2 N–H and O–H groups in total. The lowest BCUT2D eigenvalue weighted by atomic mass is 10.1. The van der Waals surface area contributed by atoms with Gasteiger partial charge < -0.3 is 10.5 Å². The Morgan fingerprint density at radius 3 is 2.22 bits per heavy atom. The third-order valence-corrected chi connectivity index (χ3v) is 2.61. The van der Waals surface area contributed by atoms with Crippen LogP contribution in [0.2, 0.25) is 0 Å². The average molecular weight is 243 g/mol. The third kappa shape index (κ3) is 2.88. The number of nitrogens with two attached hydrogens (primary N) is 1. The molecule has 0 spiro atoms. The Bertz CT molecular complexity index is 561. The molecule has 0 amide bonds. The molecule has 0 radical (unpaired) electrons. The van der Waals surface area contributed by atoms with Crippen LogP contribution in [0.1, 0.15) is 11.1 Å². The highest BCUT2D eigenvalue weighted by atomic mass is 19.1. The summed E-state index contributed by atoms with van der Waals surface area (Å²) in [6.45, 7) is 0. The van der Waals surface area contributed by atoms with Crippen molar-refractivity contribution in [2.75, 3.05) is 12.8 Å². The molecule has 0 aromatic heterocycles. The van der Waals surface area contributed by atoms with Crippen molar-refractivity contribution in [1.29, 1.82) is 0 Å². The summed E-state index contributed by atoms with van der Waals surface area (Å²) < 4.78 is 18.3. The summed E-state index contributed by atoms with van der Waals surface area (Å²) in [4.78, 5) is 0. The number of methoxy groups -OCH3 is 1. The van der Waals surface area contributed by atoms with Crippen molar-refractivity contribution in [2.45, 2.75) is 0 Å². The second kappa shape index (κ2) is 5.36. The molecule has 0 aliphatic carbocycles. The maximum atomic E-state index is 13.2. The minimum atomic E-state index is -0.396. The van der Waals surface area contributed by atoms with Crippen molar-refractivity contribution in [2.24, 2.45) is 0 Å². The molecule has 2 rings (SSSR count). The lowest BCUT2D eigenvalue weighted by Crippen LogP contribution is -1.89.